The zero-order chi connectivity index (χ0) is 20.7. The fourth-order valence-electron chi connectivity index (χ4n) is 2.09. The Balaban J connectivity index is 1.93. The number of amides is 1. The predicted molar refractivity (Wildman–Crippen MR) is 92.0 cm³/mol. The summed E-state index contributed by atoms with van der Waals surface area (Å²) in [6, 6.07) is 5.71. The highest BCUT2D eigenvalue weighted by Gasteiger charge is 2.21. The van der Waals surface area contributed by atoms with Crippen LogP contribution in [-0.4, -0.2) is 25.1 Å². The standard InChI is InChI=1S/C19H17F4NO4/c1-2-3-8-27-19(26)11-4-6-12(7-5-11)24-15(25)10-28-18-16(22)13(20)9-14(21)17(18)23/h4-7,9H,2-3,8,10H2,1H3,(H,24,25). The zero-order valence-electron chi connectivity index (χ0n) is 14.9. The number of anilines is 1. The molecule has 0 saturated heterocycles. The molecule has 0 aliphatic heterocycles. The van der Waals surface area contributed by atoms with Gasteiger partial charge in [-0.1, -0.05) is 13.3 Å². The molecule has 0 radical (unpaired) electrons. The first-order valence-electron chi connectivity index (χ1n) is 8.36. The fraction of sp³-hybridized carbons (Fsp3) is 0.263. The molecule has 2 aromatic carbocycles. The number of nitrogens with one attached hydrogen (secondary N) is 1. The minimum Gasteiger partial charge on any atom is -0.477 e. The van der Waals surface area contributed by atoms with Crippen molar-refractivity contribution in [2.24, 2.45) is 0 Å². The molecule has 0 saturated carbocycles. The van der Waals surface area contributed by atoms with Crippen molar-refractivity contribution >= 4 is 17.6 Å². The average Bonchev–Trinajstić information content (AvgIpc) is 2.67. The molecule has 0 bridgehead atoms. The van der Waals surface area contributed by atoms with Crippen molar-refractivity contribution < 1.29 is 36.6 Å². The molecule has 0 heterocycles. The molecule has 0 aliphatic carbocycles. The van der Waals surface area contributed by atoms with Crippen LogP contribution in [0.5, 0.6) is 5.75 Å². The first kappa shape index (κ1) is 21.2. The molecule has 0 spiro atoms. The third-order valence-corrected chi connectivity index (χ3v) is 3.55. The van der Waals surface area contributed by atoms with Crippen LogP contribution in [0.3, 0.4) is 0 Å². The Bertz CT molecular complexity index is 830. The quantitative estimate of drug-likeness (QED) is 0.313. The highest BCUT2D eigenvalue weighted by Crippen LogP contribution is 2.26. The van der Waals surface area contributed by atoms with E-state index in [-0.39, 0.29) is 17.3 Å². The number of esters is 1. The summed E-state index contributed by atoms with van der Waals surface area (Å²) in [6.07, 6.45) is 1.63. The van der Waals surface area contributed by atoms with Gasteiger partial charge in [0.25, 0.3) is 5.91 Å². The normalized spacial score (nSPS) is 10.5. The monoisotopic (exact) mass is 399 g/mol. The molecular weight excluding hydrogens is 382 g/mol. The topological polar surface area (TPSA) is 64.6 Å². The number of hydrogen-bond donors (Lipinski definition) is 1. The van der Waals surface area contributed by atoms with Crippen molar-refractivity contribution in [2.75, 3.05) is 18.5 Å². The first-order valence-corrected chi connectivity index (χ1v) is 8.36. The Morgan fingerprint density at radius 1 is 1.00 bits per heavy atom. The number of benzene rings is 2. The van der Waals surface area contributed by atoms with Crippen LogP contribution < -0.4 is 10.1 Å². The van der Waals surface area contributed by atoms with E-state index in [1.165, 1.54) is 24.3 Å². The molecule has 2 rings (SSSR count). The maximum absolute atomic E-state index is 13.5. The van der Waals surface area contributed by atoms with Gasteiger partial charge in [-0.05, 0) is 30.7 Å². The van der Waals surface area contributed by atoms with Gasteiger partial charge in [0.15, 0.2) is 24.0 Å². The minimum atomic E-state index is -1.74. The first-order chi connectivity index (χ1) is 13.3. The summed E-state index contributed by atoms with van der Waals surface area (Å²) in [4.78, 5) is 23.6. The summed E-state index contributed by atoms with van der Waals surface area (Å²) < 4.78 is 62.7. The Labute approximate surface area is 158 Å². The number of rotatable bonds is 8. The lowest BCUT2D eigenvalue weighted by Crippen LogP contribution is -2.21. The molecule has 0 aliphatic rings. The highest BCUT2D eigenvalue weighted by atomic mass is 19.2. The van der Waals surface area contributed by atoms with Crippen LogP contribution in [0.2, 0.25) is 0 Å². The molecule has 1 amide bonds. The predicted octanol–water partition coefficient (Wildman–Crippen LogP) is 4.22. The Kier molecular flexibility index (Phi) is 7.36. The van der Waals surface area contributed by atoms with Gasteiger partial charge >= 0.3 is 5.97 Å². The lowest BCUT2D eigenvalue weighted by molar-refractivity contribution is -0.118. The molecule has 0 atom stereocenters. The minimum absolute atomic E-state index is 0.0341. The molecule has 2 aromatic rings. The van der Waals surface area contributed by atoms with Crippen LogP contribution in [-0.2, 0) is 9.53 Å². The molecule has 5 nitrogen and oxygen atoms in total. The van der Waals surface area contributed by atoms with E-state index in [1.807, 2.05) is 6.92 Å². The van der Waals surface area contributed by atoms with Crippen molar-refractivity contribution in [1.29, 1.82) is 0 Å². The summed E-state index contributed by atoms with van der Waals surface area (Å²) in [6.45, 7) is 1.37. The summed E-state index contributed by atoms with van der Waals surface area (Å²) in [5.41, 5.74) is 0.551. The van der Waals surface area contributed by atoms with E-state index in [4.69, 9.17) is 4.74 Å². The molecule has 28 heavy (non-hydrogen) atoms. The Morgan fingerprint density at radius 2 is 1.61 bits per heavy atom. The second-order valence-electron chi connectivity index (χ2n) is 5.70. The van der Waals surface area contributed by atoms with Gasteiger partial charge in [-0.2, -0.15) is 8.78 Å². The van der Waals surface area contributed by atoms with Crippen molar-refractivity contribution in [1.82, 2.24) is 0 Å². The van der Waals surface area contributed by atoms with Crippen molar-refractivity contribution in [2.45, 2.75) is 19.8 Å². The van der Waals surface area contributed by atoms with Crippen molar-refractivity contribution in [3.8, 4) is 5.75 Å². The van der Waals surface area contributed by atoms with Crippen LogP contribution in [0.15, 0.2) is 30.3 Å². The van der Waals surface area contributed by atoms with E-state index in [0.29, 0.717) is 6.61 Å². The zero-order valence-corrected chi connectivity index (χ0v) is 14.9. The van der Waals surface area contributed by atoms with Crippen molar-refractivity contribution in [3.63, 3.8) is 0 Å². The number of ether oxygens (including phenoxy) is 2. The largest absolute Gasteiger partial charge is 0.477 e. The molecule has 0 fully saturated rings. The smallest absolute Gasteiger partial charge is 0.338 e. The van der Waals surface area contributed by atoms with Crippen LogP contribution >= 0.6 is 0 Å². The Hall–Kier alpha value is -3.10. The highest BCUT2D eigenvalue weighted by molar-refractivity contribution is 5.93. The van der Waals surface area contributed by atoms with Crippen LogP contribution in [0.25, 0.3) is 0 Å². The SMILES string of the molecule is CCCCOC(=O)c1ccc(NC(=O)COc2c(F)c(F)cc(F)c2F)cc1. The second kappa shape index (κ2) is 9.72. The van der Waals surface area contributed by atoms with E-state index in [9.17, 15) is 27.2 Å². The van der Waals surface area contributed by atoms with Gasteiger partial charge in [-0.15, -0.1) is 0 Å². The number of carbonyl (C=O) groups excluding carboxylic acids is 2. The maximum atomic E-state index is 13.5. The summed E-state index contributed by atoms with van der Waals surface area (Å²) >= 11 is 0. The third-order valence-electron chi connectivity index (χ3n) is 3.55. The van der Waals surface area contributed by atoms with Gasteiger partial charge in [-0.3, -0.25) is 4.79 Å². The molecule has 9 heteroatoms. The van der Waals surface area contributed by atoms with Gasteiger partial charge in [0.2, 0.25) is 11.6 Å². The van der Waals surface area contributed by atoms with Gasteiger partial charge in [0.05, 0.1) is 12.2 Å². The van der Waals surface area contributed by atoms with Crippen molar-refractivity contribution in [3.05, 3.63) is 59.2 Å². The fourth-order valence-corrected chi connectivity index (χ4v) is 2.09. The van der Waals surface area contributed by atoms with Crippen LogP contribution in [0, 0.1) is 23.3 Å². The van der Waals surface area contributed by atoms with Crippen LogP contribution in [0.1, 0.15) is 30.1 Å². The number of unbranched alkanes of at least 4 members (excludes halogenated alkanes) is 1. The van der Waals surface area contributed by atoms with Crippen LogP contribution in [0.4, 0.5) is 23.2 Å². The lowest BCUT2D eigenvalue weighted by Gasteiger charge is -2.10. The number of carbonyl (C=O) groups is 2. The van der Waals surface area contributed by atoms with E-state index < -0.39 is 47.5 Å². The van der Waals surface area contributed by atoms with Gasteiger partial charge < -0.3 is 14.8 Å². The van der Waals surface area contributed by atoms with Gasteiger partial charge in [-0.25, -0.2) is 13.6 Å². The van der Waals surface area contributed by atoms with E-state index in [2.05, 4.69) is 10.1 Å². The molecular formula is C19H17F4NO4. The number of halogens is 4. The summed E-state index contributed by atoms with van der Waals surface area (Å²) in [5, 5.41) is 2.35. The van der Waals surface area contributed by atoms with E-state index in [0.717, 1.165) is 12.8 Å². The molecule has 0 unspecified atom stereocenters. The lowest BCUT2D eigenvalue weighted by atomic mass is 10.2. The summed E-state index contributed by atoms with van der Waals surface area (Å²) in [5.74, 6) is -9.42. The Morgan fingerprint density at radius 3 is 2.18 bits per heavy atom. The second-order valence-corrected chi connectivity index (χ2v) is 5.70. The van der Waals surface area contributed by atoms with E-state index in [1.54, 1.807) is 0 Å². The van der Waals surface area contributed by atoms with E-state index >= 15 is 0 Å². The summed E-state index contributed by atoms with van der Waals surface area (Å²) in [7, 11) is 0. The maximum Gasteiger partial charge on any atom is 0.338 e. The average molecular weight is 399 g/mol. The van der Waals surface area contributed by atoms with Gasteiger partial charge in [0, 0.05) is 11.8 Å². The molecule has 150 valence electrons. The van der Waals surface area contributed by atoms with Gasteiger partial charge in [0.1, 0.15) is 0 Å². The number of hydrogen-bond acceptors (Lipinski definition) is 4. The molecule has 1 N–H and O–H groups in total. The third kappa shape index (κ3) is 5.45. The molecule has 0 aromatic heterocycles.